The first-order chi connectivity index (χ1) is 9.33. The second-order valence-corrected chi connectivity index (χ2v) is 6.45. The number of rotatable bonds is 2. The zero-order chi connectivity index (χ0) is 12.8. The van der Waals surface area contributed by atoms with Crippen molar-refractivity contribution in [3.63, 3.8) is 0 Å². The van der Waals surface area contributed by atoms with Crippen LogP contribution in [0.2, 0.25) is 0 Å². The van der Waals surface area contributed by atoms with Crippen LogP contribution in [0.5, 0.6) is 0 Å². The minimum atomic E-state index is 0.780. The van der Waals surface area contributed by atoms with Crippen molar-refractivity contribution in [2.75, 3.05) is 0 Å². The quantitative estimate of drug-likeness (QED) is 0.569. The molecule has 0 unspecified atom stereocenters. The second-order valence-electron chi connectivity index (χ2n) is 3.79. The molecule has 0 aliphatic heterocycles. The fourth-order valence-corrected chi connectivity index (χ4v) is 3.99. The first kappa shape index (κ1) is 11.1. The monoisotopic (exact) mass is 306 g/mol. The van der Waals surface area contributed by atoms with Crippen LogP contribution in [0.25, 0.3) is 25.5 Å². The number of hydrogen-bond donors (Lipinski definition) is 0. The minimum Gasteiger partial charge on any atom is -0.181 e. The third-order valence-electron chi connectivity index (χ3n) is 2.58. The van der Waals surface area contributed by atoms with Gasteiger partial charge in [0.1, 0.15) is 4.88 Å². The van der Waals surface area contributed by atoms with Crippen LogP contribution in [0.4, 0.5) is 0 Å². The maximum absolute atomic E-state index is 4.58. The molecule has 19 heavy (non-hydrogen) atoms. The molecule has 0 saturated heterocycles. The summed E-state index contributed by atoms with van der Waals surface area (Å²) in [6.45, 7) is 1.93. The highest BCUT2D eigenvalue weighted by molar-refractivity contribution is 7.23. The molecule has 0 amide bonds. The molecule has 0 aromatic carbocycles. The Labute approximate surface area is 119 Å². The Kier molecular flexibility index (Phi) is 2.43. The molecule has 4 rings (SSSR count). The van der Waals surface area contributed by atoms with E-state index in [4.69, 9.17) is 0 Å². The fraction of sp³-hybridized carbons (Fsp3) is 0.100. The zero-order valence-corrected chi connectivity index (χ0v) is 12.1. The summed E-state index contributed by atoms with van der Waals surface area (Å²) >= 11 is 4.48. The minimum absolute atomic E-state index is 0.780. The predicted octanol–water partition coefficient (Wildman–Crippen LogP) is 2.74. The lowest BCUT2D eigenvalue weighted by atomic mass is 10.4. The van der Waals surface area contributed by atoms with Gasteiger partial charge >= 0.3 is 0 Å². The topological polar surface area (TPSA) is 68.9 Å². The van der Waals surface area contributed by atoms with Crippen LogP contribution in [-0.2, 0) is 0 Å². The van der Waals surface area contributed by atoms with Crippen LogP contribution < -0.4 is 0 Å². The summed E-state index contributed by atoms with van der Waals surface area (Å²) in [4.78, 5) is 2.84. The van der Waals surface area contributed by atoms with Gasteiger partial charge in [-0.05, 0) is 29.9 Å². The molecule has 4 heterocycles. The van der Waals surface area contributed by atoms with E-state index >= 15 is 0 Å². The van der Waals surface area contributed by atoms with E-state index in [0.717, 1.165) is 31.2 Å². The molecule has 0 aliphatic rings. The fourth-order valence-electron chi connectivity index (χ4n) is 1.70. The van der Waals surface area contributed by atoms with Crippen LogP contribution in [0, 0.1) is 6.92 Å². The third kappa shape index (κ3) is 1.70. The third-order valence-corrected chi connectivity index (χ3v) is 5.32. The molecule has 0 aliphatic carbocycles. The van der Waals surface area contributed by atoms with Gasteiger partial charge in [-0.1, -0.05) is 21.9 Å². The summed E-state index contributed by atoms with van der Waals surface area (Å²) in [5.41, 5.74) is 0.896. The lowest BCUT2D eigenvalue weighted by Gasteiger charge is -1.90. The molecule has 0 radical (unpaired) electrons. The molecule has 0 fully saturated rings. The Bertz CT molecular complexity index is 840. The lowest BCUT2D eigenvalue weighted by molar-refractivity contribution is 0.973. The van der Waals surface area contributed by atoms with Crippen LogP contribution in [0.1, 0.15) is 5.69 Å². The van der Waals surface area contributed by atoms with Gasteiger partial charge in [-0.25, -0.2) is 0 Å². The van der Waals surface area contributed by atoms with Gasteiger partial charge in [-0.2, -0.15) is 9.61 Å². The molecule has 94 valence electrons. The Morgan fingerprint density at radius 3 is 2.89 bits per heavy atom. The van der Waals surface area contributed by atoms with Crippen molar-refractivity contribution in [3.05, 3.63) is 23.2 Å². The highest BCUT2D eigenvalue weighted by Gasteiger charge is 2.17. The van der Waals surface area contributed by atoms with Gasteiger partial charge in [0.2, 0.25) is 4.96 Å². The maximum atomic E-state index is 4.58. The molecule has 4 aromatic heterocycles. The SMILES string of the molecule is Cc1nnsc1-c1nn2c(-c3cccs3)nnc2s1. The number of hydrogen-bond acceptors (Lipinski definition) is 8. The number of aryl methyl sites for hydroxylation is 1. The van der Waals surface area contributed by atoms with Crippen LogP contribution >= 0.6 is 34.2 Å². The molecule has 9 heteroatoms. The number of fused-ring (bicyclic) bond motifs is 1. The standard InChI is InChI=1S/C10H6N6S3/c1-5-7(19-15-11-5)9-14-16-8(6-3-2-4-17-6)12-13-10(16)18-9/h2-4H,1H3. The van der Waals surface area contributed by atoms with Gasteiger partial charge in [0.15, 0.2) is 10.8 Å². The van der Waals surface area contributed by atoms with Gasteiger partial charge in [0, 0.05) is 0 Å². The molecule has 0 atom stereocenters. The van der Waals surface area contributed by atoms with Crippen molar-refractivity contribution >= 4 is 39.2 Å². The molecule has 4 aromatic rings. The average Bonchev–Trinajstić information content (AvgIpc) is 3.10. The molecular weight excluding hydrogens is 300 g/mol. The Morgan fingerprint density at radius 2 is 2.16 bits per heavy atom. The average molecular weight is 306 g/mol. The van der Waals surface area contributed by atoms with Crippen molar-refractivity contribution < 1.29 is 0 Å². The Morgan fingerprint density at radius 1 is 1.21 bits per heavy atom. The van der Waals surface area contributed by atoms with E-state index in [1.165, 1.54) is 22.9 Å². The predicted molar refractivity (Wildman–Crippen MR) is 75.6 cm³/mol. The molecular formula is C10H6N6S3. The summed E-state index contributed by atoms with van der Waals surface area (Å²) in [5, 5.41) is 19.9. The number of nitrogens with zero attached hydrogens (tertiary/aromatic N) is 6. The molecule has 6 nitrogen and oxygen atoms in total. The zero-order valence-electron chi connectivity index (χ0n) is 9.64. The van der Waals surface area contributed by atoms with Gasteiger partial charge in [-0.3, -0.25) is 0 Å². The van der Waals surface area contributed by atoms with Crippen molar-refractivity contribution in [2.24, 2.45) is 0 Å². The first-order valence-corrected chi connectivity index (χ1v) is 7.85. The summed E-state index contributed by atoms with van der Waals surface area (Å²) in [5.74, 6) is 0.780. The first-order valence-electron chi connectivity index (χ1n) is 5.38. The van der Waals surface area contributed by atoms with E-state index in [1.807, 2.05) is 24.4 Å². The summed E-state index contributed by atoms with van der Waals surface area (Å²) in [6.07, 6.45) is 0. The van der Waals surface area contributed by atoms with Crippen molar-refractivity contribution in [1.82, 2.24) is 29.4 Å². The highest BCUT2D eigenvalue weighted by Crippen LogP contribution is 2.32. The van der Waals surface area contributed by atoms with Crippen LogP contribution in [-0.4, -0.2) is 29.4 Å². The van der Waals surface area contributed by atoms with Gasteiger partial charge < -0.3 is 0 Å². The normalized spacial score (nSPS) is 11.4. The van der Waals surface area contributed by atoms with Crippen LogP contribution in [0.3, 0.4) is 0 Å². The lowest BCUT2D eigenvalue weighted by Crippen LogP contribution is -1.88. The van der Waals surface area contributed by atoms with E-state index in [-0.39, 0.29) is 0 Å². The van der Waals surface area contributed by atoms with Gasteiger partial charge in [0.05, 0.1) is 10.6 Å². The van der Waals surface area contributed by atoms with Gasteiger partial charge in [0.25, 0.3) is 0 Å². The van der Waals surface area contributed by atoms with Crippen LogP contribution in [0.15, 0.2) is 17.5 Å². The number of aromatic nitrogens is 6. The van der Waals surface area contributed by atoms with E-state index in [2.05, 4.69) is 24.9 Å². The van der Waals surface area contributed by atoms with Crippen molar-refractivity contribution in [1.29, 1.82) is 0 Å². The Balaban J connectivity index is 1.92. The highest BCUT2D eigenvalue weighted by atomic mass is 32.1. The molecule has 0 bridgehead atoms. The number of thiophene rings is 1. The second kappa shape index (κ2) is 4.15. The van der Waals surface area contributed by atoms with E-state index in [1.54, 1.807) is 15.9 Å². The summed E-state index contributed by atoms with van der Waals surface area (Å²) in [6, 6.07) is 4.01. The largest absolute Gasteiger partial charge is 0.235 e. The Hall–Kier alpha value is -1.71. The van der Waals surface area contributed by atoms with Crippen molar-refractivity contribution in [3.8, 4) is 20.6 Å². The smallest absolute Gasteiger partial charge is 0.181 e. The van der Waals surface area contributed by atoms with E-state index < -0.39 is 0 Å². The maximum Gasteiger partial charge on any atom is 0.235 e. The molecule has 0 N–H and O–H groups in total. The van der Waals surface area contributed by atoms with Gasteiger partial charge in [-0.15, -0.1) is 26.6 Å². The molecule has 0 saturated carbocycles. The van der Waals surface area contributed by atoms with Crippen molar-refractivity contribution in [2.45, 2.75) is 6.92 Å². The summed E-state index contributed by atoms with van der Waals surface area (Å²) < 4.78 is 5.72. The summed E-state index contributed by atoms with van der Waals surface area (Å²) in [7, 11) is 0. The molecule has 0 spiro atoms. The van der Waals surface area contributed by atoms with E-state index in [9.17, 15) is 0 Å². The van der Waals surface area contributed by atoms with E-state index in [0.29, 0.717) is 0 Å².